The van der Waals surface area contributed by atoms with Crippen molar-refractivity contribution >= 4 is 17.2 Å². The second-order valence-corrected chi connectivity index (χ2v) is 6.22. The third kappa shape index (κ3) is 3.56. The van der Waals surface area contributed by atoms with Crippen LogP contribution < -0.4 is 5.32 Å². The number of hydrogen-bond acceptors (Lipinski definition) is 3. The van der Waals surface area contributed by atoms with Crippen molar-refractivity contribution in [2.45, 2.75) is 45.2 Å². The molecule has 18 heavy (non-hydrogen) atoms. The first-order valence-corrected chi connectivity index (χ1v) is 7.60. The van der Waals surface area contributed by atoms with Gasteiger partial charge in [0.25, 0.3) is 0 Å². The van der Waals surface area contributed by atoms with Crippen molar-refractivity contribution in [1.82, 2.24) is 10.2 Å². The number of carbonyl (C=O) groups excluding carboxylic acids is 1. The molecule has 0 radical (unpaired) electrons. The molecular weight excluding hydrogens is 244 g/mol. The lowest BCUT2D eigenvalue weighted by molar-refractivity contribution is -0.132. The van der Waals surface area contributed by atoms with Gasteiger partial charge in [-0.05, 0) is 44.7 Å². The zero-order chi connectivity index (χ0) is 13.0. The molecule has 0 bridgehead atoms. The maximum absolute atomic E-state index is 12.3. The summed E-state index contributed by atoms with van der Waals surface area (Å²) in [6, 6.07) is 4.81. The van der Waals surface area contributed by atoms with Gasteiger partial charge in [0.05, 0.1) is 6.42 Å². The summed E-state index contributed by atoms with van der Waals surface area (Å²) in [7, 11) is 0. The second-order valence-electron chi connectivity index (χ2n) is 5.19. The third-order valence-corrected chi connectivity index (χ3v) is 4.31. The highest BCUT2D eigenvalue weighted by Crippen LogP contribution is 2.14. The first kappa shape index (κ1) is 13.6. The number of carbonyl (C=O) groups is 1. The van der Waals surface area contributed by atoms with Crippen LogP contribution in [0.15, 0.2) is 17.5 Å². The molecule has 0 spiro atoms. The van der Waals surface area contributed by atoms with Crippen LogP contribution in [0, 0.1) is 0 Å². The van der Waals surface area contributed by atoms with Crippen molar-refractivity contribution in [3.8, 4) is 0 Å². The van der Waals surface area contributed by atoms with E-state index in [4.69, 9.17) is 0 Å². The average molecular weight is 266 g/mol. The molecule has 3 nitrogen and oxygen atoms in total. The number of thiophene rings is 1. The third-order valence-electron chi connectivity index (χ3n) is 3.43. The molecule has 1 atom stereocenters. The van der Waals surface area contributed by atoms with E-state index in [0.717, 1.165) is 18.0 Å². The molecule has 0 saturated carbocycles. The Bertz CT molecular complexity index is 369. The summed E-state index contributed by atoms with van der Waals surface area (Å²) >= 11 is 1.66. The normalized spacial score (nSPS) is 19.4. The lowest BCUT2D eigenvalue weighted by Crippen LogP contribution is -2.45. The smallest absolute Gasteiger partial charge is 0.228 e. The van der Waals surface area contributed by atoms with Crippen LogP contribution in [0.25, 0.3) is 0 Å². The summed E-state index contributed by atoms with van der Waals surface area (Å²) < 4.78 is 0. The van der Waals surface area contributed by atoms with Crippen LogP contribution in [0.4, 0.5) is 0 Å². The number of rotatable bonds is 5. The second kappa shape index (κ2) is 6.34. The Morgan fingerprint density at radius 3 is 3.00 bits per heavy atom. The van der Waals surface area contributed by atoms with Crippen molar-refractivity contribution in [1.29, 1.82) is 0 Å². The van der Waals surface area contributed by atoms with E-state index in [-0.39, 0.29) is 11.9 Å². The van der Waals surface area contributed by atoms with E-state index >= 15 is 0 Å². The van der Waals surface area contributed by atoms with Gasteiger partial charge in [-0.3, -0.25) is 4.79 Å². The molecule has 1 aromatic rings. The van der Waals surface area contributed by atoms with Crippen LogP contribution in [-0.4, -0.2) is 36.0 Å². The van der Waals surface area contributed by atoms with Crippen LogP contribution in [0.2, 0.25) is 0 Å². The Balaban J connectivity index is 1.93. The van der Waals surface area contributed by atoms with Crippen molar-refractivity contribution in [3.63, 3.8) is 0 Å². The van der Waals surface area contributed by atoms with Crippen LogP contribution in [0.3, 0.4) is 0 Å². The predicted octanol–water partition coefficient (Wildman–Crippen LogP) is 2.28. The summed E-state index contributed by atoms with van der Waals surface area (Å²) in [6.45, 7) is 6.14. The van der Waals surface area contributed by atoms with Crippen molar-refractivity contribution < 1.29 is 4.79 Å². The summed E-state index contributed by atoms with van der Waals surface area (Å²) in [5, 5.41) is 5.49. The Morgan fingerprint density at radius 2 is 2.44 bits per heavy atom. The number of hydrogen-bond donors (Lipinski definition) is 1. The molecule has 1 aliphatic rings. The Labute approximate surface area is 113 Å². The van der Waals surface area contributed by atoms with Gasteiger partial charge in [-0.2, -0.15) is 0 Å². The maximum Gasteiger partial charge on any atom is 0.228 e. The van der Waals surface area contributed by atoms with Crippen LogP contribution in [0.5, 0.6) is 0 Å². The van der Waals surface area contributed by atoms with E-state index in [9.17, 15) is 4.79 Å². The van der Waals surface area contributed by atoms with Crippen molar-refractivity contribution in [3.05, 3.63) is 22.4 Å². The molecule has 1 fully saturated rings. The number of nitrogens with one attached hydrogen (secondary N) is 1. The fourth-order valence-electron chi connectivity index (χ4n) is 2.41. The number of amides is 1. The van der Waals surface area contributed by atoms with Gasteiger partial charge in [-0.25, -0.2) is 0 Å². The summed E-state index contributed by atoms with van der Waals surface area (Å²) in [5.74, 6) is 0.251. The molecule has 2 heterocycles. The molecule has 1 N–H and O–H groups in total. The molecule has 2 rings (SSSR count). The molecule has 4 heteroatoms. The molecule has 0 aliphatic carbocycles. The highest BCUT2D eigenvalue weighted by atomic mass is 32.1. The van der Waals surface area contributed by atoms with Gasteiger partial charge >= 0.3 is 0 Å². The fourth-order valence-corrected chi connectivity index (χ4v) is 3.11. The van der Waals surface area contributed by atoms with Gasteiger partial charge in [0.15, 0.2) is 0 Å². The lowest BCUT2D eigenvalue weighted by atomic mass is 10.1. The molecule has 0 aromatic carbocycles. The van der Waals surface area contributed by atoms with E-state index in [2.05, 4.69) is 19.2 Å². The van der Waals surface area contributed by atoms with Gasteiger partial charge < -0.3 is 10.2 Å². The first-order chi connectivity index (χ1) is 8.66. The van der Waals surface area contributed by atoms with Crippen molar-refractivity contribution in [2.24, 2.45) is 0 Å². The molecule has 1 amide bonds. The first-order valence-electron chi connectivity index (χ1n) is 6.72. The molecule has 1 aromatic heterocycles. The Kier molecular flexibility index (Phi) is 4.78. The molecule has 1 unspecified atom stereocenters. The van der Waals surface area contributed by atoms with E-state index in [1.54, 1.807) is 11.3 Å². The van der Waals surface area contributed by atoms with Crippen molar-refractivity contribution in [2.75, 3.05) is 13.1 Å². The predicted molar refractivity (Wildman–Crippen MR) is 75.9 cm³/mol. The highest BCUT2D eigenvalue weighted by Gasteiger charge is 2.23. The summed E-state index contributed by atoms with van der Waals surface area (Å²) in [6.07, 6.45) is 2.97. The summed E-state index contributed by atoms with van der Waals surface area (Å²) in [5.41, 5.74) is 0. The molecule has 100 valence electrons. The quantitative estimate of drug-likeness (QED) is 0.887. The van der Waals surface area contributed by atoms with Crippen LogP contribution in [-0.2, 0) is 11.2 Å². The maximum atomic E-state index is 12.3. The van der Waals surface area contributed by atoms with E-state index in [0.29, 0.717) is 12.5 Å². The average Bonchev–Trinajstić information content (AvgIpc) is 2.97. The zero-order valence-corrected chi connectivity index (χ0v) is 12.0. The van der Waals surface area contributed by atoms with Gasteiger partial charge in [0.1, 0.15) is 0 Å². The van der Waals surface area contributed by atoms with E-state index < -0.39 is 0 Å². The zero-order valence-electron chi connectivity index (χ0n) is 11.2. The highest BCUT2D eigenvalue weighted by molar-refractivity contribution is 7.10. The minimum Gasteiger partial charge on any atom is -0.338 e. The monoisotopic (exact) mass is 266 g/mol. The van der Waals surface area contributed by atoms with Crippen LogP contribution in [0.1, 0.15) is 31.6 Å². The van der Waals surface area contributed by atoms with Gasteiger partial charge in [0.2, 0.25) is 5.91 Å². The molecule has 1 aliphatic heterocycles. The summed E-state index contributed by atoms with van der Waals surface area (Å²) in [4.78, 5) is 15.5. The fraction of sp³-hybridized carbons (Fsp3) is 0.643. The molecule has 1 saturated heterocycles. The van der Waals surface area contributed by atoms with E-state index in [1.165, 1.54) is 12.8 Å². The molecular formula is C14H22N2OS. The number of nitrogens with zero attached hydrogens (tertiary/aromatic N) is 1. The largest absolute Gasteiger partial charge is 0.338 e. The topological polar surface area (TPSA) is 32.3 Å². The van der Waals surface area contributed by atoms with Crippen LogP contribution >= 0.6 is 11.3 Å². The minimum absolute atomic E-state index is 0.251. The van der Waals surface area contributed by atoms with E-state index in [1.807, 2.05) is 22.4 Å². The Morgan fingerprint density at radius 1 is 1.61 bits per heavy atom. The Hall–Kier alpha value is -0.870. The minimum atomic E-state index is 0.251. The SMILES string of the molecule is CC(C)N(CC1CCCN1)C(=O)Cc1cccs1. The van der Waals surface area contributed by atoms with Gasteiger partial charge in [0, 0.05) is 23.5 Å². The standard InChI is InChI=1S/C14H22N2OS/c1-11(2)16(10-12-5-3-7-15-12)14(17)9-13-6-4-8-18-13/h4,6,8,11-12,15H,3,5,7,9-10H2,1-2H3. The lowest BCUT2D eigenvalue weighted by Gasteiger charge is -2.29. The van der Waals surface area contributed by atoms with Gasteiger partial charge in [-0.15, -0.1) is 11.3 Å². The van der Waals surface area contributed by atoms with Gasteiger partial charge in [-0.1, -0.05) is 6.07 Å².